The molecule has 4 heteroatoms. The number of methoxy groups -OCH3 is 1. The van der Waals surface area contributed by atoms with E-state index < -0.39 is 0 Å². The van der Waals surface area contributed by atoms with Crippen LogP contribution in [0.3, 0.4) is 0 Å². The molecular formula is C27H29NO2S. The zero-order valence-electron chi connectivity index (χ0n) is 18.8. The van der Waals surface area contributed by atoms with Crippen molar-refractivity contribution in [3.63, 3.8) is 0 Å². The van der Waals surface area contributed by atoms with Gasteiger partial charge in [0.1, 0.15) is 11.5 Å². The molecule has 3 aromatic rings. The van der Waals surface area contributed by atoms with Crippen molar-refractivity contribution in [1.29, 1.82) is 0 Å². The summed E-state index contributed by atoms with van der Waals surface area (Å²) in [6, 6.07) is 15.0. The highest BCUT2D eigenvalue weighted by molar-refractivity contribution is 7.12. The van der Waals surface area contributed by atoms with E-state index in [2.05, 4.69) is 69.4 Å². The quantitative estimate of drug-likeness (QED) is 0.465. The van der Waals surface area contributed by atoms with Gasteiger partial charge in [0, 0.05) is 26.6 Å². The lowest BCUT2D eigenvalue weighted by Gasteiger charge is -2.37. The molecule has 3 heterocycles. The van der Waals surface area contributed by atoms with Crippen molar-refractivity contribution in [2.75, 3.05) is 12.4 Å². The molecule has 0 saturated heterocycles. The van der Waals surface area contributed by atoms with Gasteiger partial charge in [0.25, 0.3) is 0 Å². The molecule has 0 spiro atoms. The SMILES string of the molecule is CCCc1ccc(C2Oc3cccc(OC)c3-c3ccc4c(c32)C(C)=CC(C)(C)N4)s1. The molecule has 0 saturated carbocycles. The van der Waals surface area contributed by atoms with Crippen LogP contribution in [0.25, 0.3) is 16.7 Å². The maximum atomic E-state index is 6.72. The highest BCUT2D eigenvalue weighted by atomic mass is 32.1. The number of hydrogen-bond acceptors (Lipinski definition) is 4. The van der Waals surface area contributed by atoms with Crippen LogP contribution in [0.4, 0.5) is 5.69 Å². The number of hydrogen-bond donors (Lipinski definition) is 1. The van der Waals surface area contributed by atoms with E-state index in [4.69, 9.17) is 9.47 Å². The third-order valence-electron chi connectivity index (χ3n) is 6.10. The van der Waals surface area contributed by atoms with Crippen molar-refractivity contribution in [3.05, 3.63) is 69.4 Å². The lowest BCUT2D eigenvalue weighted by atomic mass is 9.81. The van der Waals surface area contributed by atoms with E-state index in [0.717, 1.165) is 29.9 Å². The monoisotopic (exact) mass is 431 g/mol. The zero-order valence-corrected chi connectivity index (χ0v) is 19.7. The topological polar surface area (TPSA) is 30.5 Å². The molecule has 5 rings (SSSR count). The summed E-state index contributed by atoms with van der Waals surface area (Å²) < 4.78 is 12.5. The summed E-state index contributed by atoms with van der Waals surface area (Å²) in [5.41, 5.74) is 7.10. The van der Waals surface area contributed by atoms with Crippen molar-refractivity contribution < 1.29 is 9.47 Å². The molecule has 1 aromatic heterocycles. The van der Waals surface area contributed by atoms with Crippen LogP contribution in [0.15, 0.2) is 48.5 Å². The Morgan fingerprint density at radius 1 is 1.10 bits per heavy atom. The predicted octanol–water partition coefficient (Wildman–Crippen LogP) is 7.47. The van der Waals surface area contributed by atoms with Crippen molar-refractivity contribution in [2.45, 2.75) is 52.2 Å². The molecular weight excluding hydrogens is 402 g/mol. The smallest absolute Gasteiger partial charge is 0.159 e. The first-order chi connectivity index (χ1) is 14.9. The van der Waals surface area contributed by atoms with Gasteiger partial charge in [0.2, 0.25) is 0 Å². The van der Waals surface area contributed by atoms with Gasteiger partial charge in [-0.05, 0) is 68.7 Å². The molecule has 2 aromatic carbocycles. The Morgan fingerprint density at radius 2 is 1.94 bits per heavy atom. The molecule has 1 N–H and O–H groups in total. The third-order valence-corrected chi connectivity index (χ3v) is 7.28. The summed E-state index contributed by atoms with van der Waals surface area (Å²) in [7, 11) is 1.73. The fraction of sp³-hybridized carbons (Fsp3) is 0.333. The van der Waals surface area contributed by atoms with Crippen molar-refractivity contribution >= 4 is 22.6 Å². The number of nitrogens with one attached hydrogen (secondary N) is 1. The summed E-state index contributed by atoms with van der Waals surface area (Å²) in [4.78, 5) is 2.67. The highest BCUT2D eigenvalue weighted by Gasteiger charge is 2.36. The molecule has 0 fully saturated rings. The average molecular weight is 432 g/mol. The van der Waals surface area contributed by atoms with Crippen molar-refractivity contribution in [2.24, 2.45) is 0 Å². The van der Waals surface area contributed by atoms with Crippen LogP contribution < -0.4 is 14.8 Å². The van der Waals surface area contributed by atoms with Crippen LogP contribution in [0.5, 0.6) is 11.5 Å². The van der Waals surface area contributed by atoms with E-state index in [9.17, 15) is 0 Å². The molecule has 2 aliphatic rings. The first-order valence-electron chi connectivity index (χ1n) is 11.0. The van der Waals surface area contributed by atoms with Gasteiger partial charge >= 0.3 is 0 Å². The Bertz CT molecular complexity index is 1190. The third kappa shape index (κ3) is 3.34. The minimum Gasteiger partial charge on any atom is -0.496 e. The van der Waals surface area contributed by atoms with E-state index in [-0.39, 0.29) is 11.6 Å². The van der Waals surface area contributed by atoms with E-state index in [1.807, 2.05) is 23.5 Å². The zero-order chi connectivity index (χ0) is 21.8. The van der Waals surface area contributed by atoms with Gasteiger partial charge in [0.15, 0.2) is 6.10 Å². The van der Waals surface area contributed by atoms with Crippen LogP contribution in [-0.4, -0.2) is 12.6 Å². The second kappa shape index (κ2) is 7.45. The molecule has 3 nitrogen and oxygen atoms in total. The standard InChI is InChI=1S/C27H29NO2S/c1-6-8-17-11-14-22(31-17)26-25-18(24-20(29-5)9-7-10-21(24)30-26)12-13-19-23(25)16(2)15-27(3,4)28-19/h7,9-15,26,28H,6,8H2,1-5H3. The van der Waals surface area contributed by atoms with Gasteiger partial charge in [-0.3, -0.25) is 0 Å². The number of aryl methyl sites for hydroxylation is 1. The van der Waals surface area contributed by atoms with Crippen LogP contribution in [0.1, 0.15) is 61.1 Å². The highest BCUT2D eigenvalue weighted by Crippen LogP contribution is 2.53. The second-order valence-electron chi connectivity index (χ2n) is 9.01. The first kappa shape index (κ1) is 20.2. The number of benzene rings is 2. The molecule has 1 unspecified atom stereocenters. The van der Waals surface area contributed by atoms with E-state index in [0.29, 0.717) is 0 Å². The van der Waals surface area contributed by atoms with E-state index in [1.54, 1.807) is 7.11 Å². The molecule has 0 bridgehead atoms. The Morgan fingerprint density at radius 3 is 2.71 bits per heavy atom. The van der Waals surface area contributed by atoms with Gasteiger partial charge < -0.3 is 14.8 Å². The van der Waals surface area contributed by atoms with Crippen LogP contribution in [0, 0.1) is 0 Å². The van der Waals surface area contributed by atoms with Gasteiger partial charge in [-0.2, -0.15) is 0 Å². The number of rotatable bonds is 4. The molecule has 1 atom stereocenters. The molecule has 0 radical (unpaired) electrons. The number of anilines is 1. The predicted molar refractivity (Wildman–Crippen MR) is 131 cm³/mol. The van der Waals surface area contributed by atoms with E-state index in [1.165, 1.54) is 37.7 Å². The van der Waals surface area contributed by atoms with E-state index >= 15 is 0 Å². The first-order valence-corrected chi connectivity index (χ1v) is 11.8. The number of fused-ring (bicyclic) bond motifs is 5. The second-order valence-corrected chi connectivity index (χ2v) is 10.2. The van der Waals surface area contributed by atoms with Gasteiger partial charge in [-0.25, -0.2) is 0 Å². The summed E-state index contributed by atoms with van der Waals surface area (Å²) in [6.07, 6.45) is 4.45. The lowest BCUT2D eigenvalue weighted by molar-refractivity contribution is 0.245. The summed E-state index contributed by atoms with van der Waals surface area (Å²) in [5.74, 6) is 1.73. The fourth-order valence-corrected chi connectivity index (χ4v) is 6.14. The normalized spacial score (nSPS) is 18.1. The lowest BCUT2D eigenvalue weighted by Crippen LogP contribution is -2.32. The number of thiophene rings is 1. The molecule has 31 heavy (non-hydrogen) atoms. The molecule has 2 aliphatic heterocycles. The van der Waals surface area contributed by atoms with Gasteiger partial charge in [-0.15, -0.1) is 11.3 Å². The fourth-order valence-electron chi connectivity index (χ4n) is 4.98. The van der Waals surface area contributed by atoms with Crippen molar-refractivity contribution in [1.82, 2.24) is 0 Å². The largest absolute Gasteiger partial charge is 0.496 e. The summed E-state index contributed by atoms with van der Waals surface area (Å²) in [6.45, 7) is 8.86. The molecule has 160 valence electrons. The number of allylic oxidation sites excluding steroid dienone is 1. The Kier molecular flexibility index (Phi) is 4.86. The van der Waals surface area contributed by atoms with Gasteiger partial charge in [-0.1, -0.05) is 31.6 Å². The maximum Gasteiger partial charge on any atom is 0.159 e. The number of ether oxygens (including phenoxy) is 2. The molecule has 0 aliphatic carbocycles. The Labute approximate surface area is 188 Å². The van der Waals surface area contributed by atoms with Gasteiger partial charge in [0.05, 0.1) is 18.2 Å². The minimum absolute atomic E-state index is 0.0802. The maximum absolute atomic E-state index is 6.72. The van der Waals surface area contributed by atoms with Crippen LogP contribution in [0.2, 0.25) is 0 Å². The summed E-state index contributed by atoms with van der Waals surface area (Å²) in [5, 5.41) is 3.71. The Balaban J connectivity index is 1.77. The minimum atomic E-state index is -0.133. The Hall–Kier alpha value is -2.72. The van der Waals surface area contributed by atoms with Crippen LogP contribution >= 0.6 is 11.3 Å². The summed E-state index contributed by atoms with van der Waals surface area (Å²) >= 11 is 1.87. The molecule has 0 amide bonds. The average Bonchev–Trinajstić information content (AvgIpc) is 3.19. The van der Waals surface area contributed by atoms with Crippen molar-refractivity contribution in [3.8, 4) is 22.6 Å². The van der Waals surface area contributed by atoms with Crippen LogP contribution in [-0.2, 0) is 6.42 Å².